The molecule has 3 rings (SSSR count). The minimum absolute atomic E-state index is 0.362. The molecule has 0 aliphatic carbocycles. The van der Waals surface area contributed by atoms with Crippen LogP contribution in [0, 0.1) is 0 Å². The quantitative estimate of drug-likeness (QED) is 0.857. The molecule has 0 spiro atoms. The average Bonchev–Trinajstić information content (AvgIpc) is 2.83. The molecule has 17 heavy (non-hydrogen) atoms. The van der Waals surface area contributed by atoms with E-state index in [1.807, 2.05) is 48.5 Å². The van der Waals surface area contributed by atoms with E-state index in [9.17, 15) is 0 Å². The number of nitrogens with two attached hydrogens (primary N) is 1. The highest BCUT2D eigenvalue weighted by Crippen LogP contribution is 2.42. The van der Waals surface area contributed by atoms with Gasteiger partial charge in [0.25, 0.3) is 6.29 Å². The zero-order valence-corrected chi connectivity index (χ0v) is 9.30. The van der Waals surface area contributed by atoms with Crippen molar-refractivity contribution >= 4 is 0 Å². The lowest BCUT2D eigenvalue weighted by Crippen LogP contribution is -2.08. The third-order valence-electron chi connectivity index (χ3n) is 2.81. The smallest absolute Gasteiger partial charge is 0.267 e. The van der Waals surface area contributed by atoms with Crippen molar-refractivity contribution in [2.45, 2.75) is 12.8 Å². The number of rotatable bonds is 2. The number of fused-ring (bicyclic) bond motifs is 1. The number of hydrogen-bond donors (Lipinski definition) is 1. The Hall–Kier alpha value is -2.00. The Kier molecular flexibility index (Phi) is 2.46. The van der Waals surface area contributed by atoms with Gasteiger partial charge in [0.15, 0.2) is 11.5 Å². The molecular weight excluding hydrogens is 214 g/mol. The summed E-state index contributed by atoms with van der Waals surface area (Å²) in [5.74, 6) is 1.53. The van der Waals surface area contributed by atoms with Crippen LogP contribution in [-0.4, -0.2) is 0 Å². The van der Waals surface area contributed by atoms with Crippen LogP contribution in [0.2, 0.25) is 0 Å². The van der Waals surface area contributed by atoms with Gasteiger partial charge in [-0.25, -0.2) is 0 Å². The molecule has 86 valence electrons. The van der Waals surface area contributed by atoms with Crippen LogP contribution >= 0.6 is 0 Å². The molecule has 2 aromatic rings. The first-order chi connectivity index (χ1) is 8.38. The summed E-state index contributed by atoms with van der Waals surface area (Å²) < 4.78 is 11.6. The van der Waals surface area contributed by atoms with E-state index < -0.39 is 0 Å². The van der Waals surface area contributed by atoms with Crippen molar-refractivity contribution in [1.29, 1.82) is 0 Å². The monoisotopic (exact) mass is 227 g/mol. The Labute approximate surface area is 99.8 Å². The van der Waals surface area contributed by atoms with E-state index >= 15 is 0 Å². The highest BCUT2D eigenvalue weighted by molar-refractivity contribution is 5.49. The third-order valence-corrected chi connectivity index (χ3v) is 2.81. The van der Waals surface area contributed by atoms with E-state index in [1.165, 1.54) is 0 Å². The minimum atomic E-state index is -0.362. The molecule has 1 unspecified atom stereocenters. The van der Waals surface area contributed by atoms with Crippen LogP contribution in [0.1, 0.15) is 17.4 Å². The lowest BCUT2D eigenvalue weighted by atomic mass is 10.2. The summed E-state index contributed by atoms with van der Waals surface area (Å²) in [6.07, 6.45) is -0.362. The summed E-state index contributed by atoms with van der Waals surface area (Å²) in [5, 5.41) is 0. The van der Waals surface area contributed by atoms with Crippen LogP contribution in [0.15, 0.2) is 48.5 Å². The first kappa shape index (κ1) is 10.2. The summed E-state index contributed by atoms with van der Waals surface area (Å²) in [6.45, 7) is 0.452. The Morgan fingerprint density at radius 2 is 1.76 bits per heavy atom. The standard InChI is InChI=1S/C14H13NO2/c15-9-11-7-4-8-12-13(11)17-14(16-12)10-5-2-1-3-6-10/h1-8,14H,9,15H2. The van der Waals surface area contributed by atoms with Crippen LogP contribution in [0.25, 0.3) is 0 Å². The molecule has 1 atom stereocenters. The molecule has 1 aliphatic heterocycles. The maximum atomic E-state index is 5.81. The minimum Gasteiger partial charge on any atom is -0.447 e. The fraction of sp³-hybridized carbons (Fsp3) is 0.143. The van der Waals surface area contributed by atoms with Crippen LogP contribution in [-0.2, 0) is 6.54 Å². The molecule has 1 heterocycles. The van der Waals surface area contributed by atoms with Gasteiger partial charge in [-0.3, -0.25) is 0 Å². The first-order valence-corrected chi connectivity index (χ1v) is 5.58. The molecule has 0 fully saturated rings. The Morgan fingerprint density at radius 3 is 2.53 bits per heavy atom. The van der Waals surface area contributed by atoms with Crippen molar-refractivity contribution in [2.24, 2.45) is 5.73 Å². The van der Waals surface area contributed by atoms with E-state index in [2.05, 4.69) is 0 Å². The predicted octanol–water partition coefficient (Wildman–Crippen LogP) is 2.62. The van der Waals surface area contributed by atoms with Crippen LogP contribution in [0.3, 0.4) is 0 Å². The molecule has 2 N–H and O–H groups in total. The second-order valence-corrected chi connectivity index (χ2v) is 3.93. The number of benzene rings is 2. The zero-order valence-electron chi connectivity index (χ0n) is 9.30. The van der Waals surface area contributed by atoms with Crippen molar-refractivity contribution in [1.82, 2.24) is 0 Å². The molecule has 1 aliphatic rings. The van der Waals surface area contributed by atoms with Crippen LogP contribution in [0.5, 0.6) is 11.5 Å². The SMILES string of the molecule is NCc1cccc2c1OC(c1ccccc1)O2. The predicted molar refractivity (Wildman–Crippen MR) is 64.8 cm³/mol. The molecule has 0 bridgehead atoms. The Balaban J connectivity index is 1.93. The van der Waals surface area contributed by atoms with Crippen molar-refractivity contribution in [3.05, 3.63) is 59.7 Å². The molecule has 0 radical (unpaired) electrons. The fourth-order valence-electron chi connectivity index (χ4n) is 1.94. The van der Waals surface area contributed by atoms with Gasteiger partial charge in [-0.15, -0.1) is 0 Å². The fourth-order valence-corrected chi connectivity index (χ4v) is 1.94. The molecule has 3 heteroatoms. The molecule has 0 amide bonds. The lowest BCUT2D eigenvalue weighted by molar-refractivity contribution is 0.0483. The topological polar surface area (TPSA) is 44.5 Å². The molecule has 3 nitrogen and oxygen atoms in total. The van der Waals surface area contributed by atoms with Gasteiger partial charge in [0.05, 0.1) is 0 Å². The van der Waals surface area contributed by atoms with Gasteiger partial charge in [0, 0.05) is 17.7 Å². The summed E-state index contributed by atoms with van der Waals surface area (Å²) in [7, 11) is 0. The normalized spacial score (nSPS) is 17.1. The molecular formula is C14H13NO2. The maximum absolute atomic E-state index is 5.81. The summed E-state index contributed by atoms with van der Waals surface area (Å²) >= 11 is 0. The van der Waals surface area contributed by atoms with Crippen molar-refractivity contribution in [3.63, 3.8) is 0 Å². The van der Waals surface area contributed by atoms with E-state index in [-0.39, 0.29) is 6.29 Å². The number of ether oxygens (including phenoxy) is 2. The summed E-state index contributed by atoms with van der Waals surface area (Å²) in [5.41, 5.74) is 7.65. The van der Waals surface area contributed by atoms with Crippen LogP contribution in [0.4, 0.5) is 0 Å². The van der Waals surface area contributed by atoms with Gasteiger partial charge in [0.1, 0.15) is 0 Å². The Bertz CT molecular complexity index is 525. The maximum Gasteiger partial charge on any atom is 0.267 e. The largest absolute Gasteiger partial charge is 0.447 e. The highest BCUT2D eigenvalue weighted by atomic mass is 16.7. The summed E-state index contributed by atoms with van der Waals surface area (Å²) in [4.78, 5) is 0. The van der Waals surface area contributed by atoms with Gasteiger partial charge in [-0.2, -0.15) is 0 Å². The first-order valence-electron chi connectivity index (χ1n) is 5.58. The Morgan fingerprint density at radius 1 is 0.941 bits per heavy atom. The third kappa shape index (κ3) is 1.74. The summed E-state index contributed by atoms with van der Waals surface area (Å²) in [6, 6.07) is 15.7. The number of hydrogen-bond acceptors (Lipinski definition) is 3. The highest BCUT2D eigenvalue weighted by Gasteiger charge is 2.27. The molecule has 2 aromatic carbocycles. The van der Waals surface area contributed by atoms with E-state index in [4.69, 9.17) is 15.2 Å². The van der Waals surface area contributed by atoms with Crippen LogP contribution < -0.4 is 15.2 Å². The molecule has 0 saturated carbocycles. The van der Waals surface area contributed by atoms with Gasteiger partial charge >= 0.3 is 0 Å². The van der Waals surface area contributed by atoms with Gasteiger partial charge in [-0.1, -0.05) is 42.5 Å². The van der Waals surface area contributed by atoms with Crippen molar-refractivity contribution in [2.75, 3.05) is 0 Å². The lowest BCUT2D eigenvalue weighted by Gasteiger charge is -2.10. The molecule has 0 saturated heterocycles. The second-order valence-electron chi connectivity index (χ2n) is 3.93. The zero-order chi connectivity index (χ0) is 11.7. The average molecular weight is 227 g/mol. The van der Waals surface area contributed by atoms with Gasteiger partial charge < -0.3 is 15.2 Å². The van der Waals surface area contributed by atoms with E-state index in [0.29, 0.717) is 6.54 Å². The van der Waals surface area contributed by atoms with Gasteiger partial charge in [0.2, 0.25) is 0 Å². The number of para-hydroxylation sites is 1. The van der Waals surface area contributed by atoms with Crippen molar-refractivity contribution in [3.8, 4) is 11.5 Å². The van der Waals surface area contributed by atoms with E-state index in [0.717, 1.165) is 22.6 Å². The van der Waals surface area contributed by atoms with E-state index in [1.54, 1.807) is 0 Å². The molecule has 0 aromatic heterocycles. The van der Waals surface area contributed by atoms with Gasteiger partial charge in [-0.05, 0) is 6.07 Å². The second kappa shape index (κ2) is 4.11. The van der Waals surface area contributed by atoms with Crippen molar-refractivity contribution < 1.29 is 9.47 Å².